The molecule has 5 heteroatoms. The van der Waals surface area contributed by atoms with Gasteiger partial charge in [0.2, 0.25) is 0 Å². The van der Waals surface area contributed by atoms with Gasteiger partial charge in [-0.2, -0.15) is 0 Å². The van der Waals surface area contributed by atoms with Crippen molar-refractivity contribution >= 4 is 11.6 Å². The molecule has 0 radical (unpaired) electrons. The van der Waals surface area contributed by atoms with Gasteiger partial charge in [-0.25, -0.2) is 9.97 Å². The van der Waals surface area contributed by atoms with E-state index in [0.29, 0.717) is 12.1 Å². The fourth-order valence-corrected chi connectivity index (χ4v) is 2.23. The van der Waals surface area contributed by atoms with E-state index < -0.39 is 0 Å². The number of rotatable bonds is 9. The molecule has 0 saturated heterocycles. The Labute approximate surface area is 123 Å². The Morgan fingerprint density at radius 2 is 1.55 bits per heavy atom. The topological polar surface area (TPSA) is 53.1 Å². The molecule has 0 amide bonds. The first-order valence-corrected chi connectivity index (χ1v) is 7.60. The quantitative estimate of drug-likeness (QED) is 0.728. The van der Waals surface area contributed by atoms with Crippen molar-refractivity contribution < 1.29 is 0 Å². The maximum Gasteiger partial charge on any atom is 0.131 e. The third-order valence-corrected chi connectivity index (χ3v) is 3.23. The van der Waals surface area contributed by atoms with Gasteiger partial charge >= 0.3 is 0 Å². The Morgan fingerprint density at radius 3 is 2.05 bits per heavy atom. The van der Waals surface area contributed by atoms with Crippen LogP contribution in [0.15, 0.2) is 12.4 Å². The molecule has 114 valence electrons. The van der Waals surface area contributed by atoms with Crippen LogP contribution in [-0.2, 0) is 0 Å². The van der Waals surface area contributed by atoms with E-state index in [4.69, 9.17) is 0 Å². The van der Waals surface area contributed by atoms with Crippen LogP contribution in [0, 0.1) is 0 Å². The van der Waals surface area contributed by atoms with Crippen LogP contribution in [0.3, 0.4) is 0 Å². The second-order valence-electron chi connectivity index (χ2n) is 5.57. The Hall–Kier alpha value is -1.36. The third-order valence-electron chi connectivity index (χ3n) is 3.23. The van der Waals surface area contributed by atoms with Gasteiger partial charge in [-0.15, -0.1) is 0 Å². The molecule has 2 N–H and O–H groups in total. The van der Waals surface area contributed by atoms with Crippen molar-refractivity contribution in [2.75, 3.05) is 30.3 Å². The van der Waals surface area contributed by atoms with Crippen molar-refractivity contribution in [1.82, 2.24) is 14.9 Å². The van der Waals surface area contributed by atoms with Crippen molar-refractivity contribution in [2.45, 2.75) is 53.1 Å². The summed E-state index contributed by atoms with van der Waals surface area (Å²) in [5.41, 5.74) is 0. The third kappa shape index (κ3) is 5.74. The maximum absolute atomic E-state index is 4.25. The molecule has 1 rings (SSSR count). The van der Waals surface area contributed by atoms with Gasteiger partial charge < -0.3 is 10.6 Å². The van der Waals surface area contributed by atoms with Gasteiger partial charge in [-0.05, 0) is 34.1 Å². The number of hydrogen-bond donors (Lipinski definition) is 2. The minimum absolute atomic E-state index is 0.559. The Kier molecular flexibility index (Phi) is 7.30. The van der Waals surface area contributed by atoms with E-state index in [1.54, 1.807) is 6.33 Å². The van der Waals surface area contributed by atoms with Crippen LogP contribution in [-0.4, -0.2) is 46.6 Å². The highest BCUT2D eigenvalue weighted by molar-refractivity contribution is 5.46. The predicted molar refractivity (Wildman–Crippen MR) is 86.3 cm³/mol. The molecule has 0 aliphatic rings. The molecule has 0 saturated carbocycles. The van der Waals surface area contributed by atoms with E-state index in [9.17, 15) is 0 Å². The molecule has 20 heavy (non-hydrogen) atoms. The van der Waals surface area contributed by atoms with Gasteiger partial charge in [0.05, 0.1) is 0 Å². The van der Waals surface area contributed by atoms with Crippen LogP contribution < -0.4 is 10.6 Å². The lowest BCUT2D eigenvalue weighted by Crippen LogP contribution is -2.40. The Morgan fingerprint density at radius 1 is 1.00 bits per heavy atom. The van der Waals surface area contributed by atoms with Crippen LogP contribution in [0.2, 0.25) is 0 Å². The van der Waals surface area contributed by atoms with Crippen molar-refractivity contribution in [3.63, 3.8) is 0 Å². The van der Waals surface area contributed by atoms with Crippen LogP contribution in [0.5, 0.6) is 0 Å². The summed E-state index contributed by atoms with van der Waals surface area (Å²) in [6.07, 6.45) is 2.69. The minimum Gasteiger partial charge on any atom is -0.370 e. The van der Waals surface area contributed by atoms with Crippen LogP contribution >= 0.6 is 0 Å². The van der Waals surface area contributed by atoms with Gasteiger partial charge in [0.25, 0.3) is 0 Å². The number of nitrogens with zero attached hydrogens (tertiary/aromatic N) is 3. The van der Waals surface area contributed by atoms with Gasteiger partial charge in [0.15, 0.2) is 0 Å². The SMILES string of the molecule is CCCNc1cc(NCCN(C(C)C)C(C)C)ncn1. The molecule has 0 unspecified atom stereocenters. The highest BCUT2D eigenvalue weighted by Crippen LogP contribution is 2.09. The van der Waals surface area contributed by atoms with E-state index in [1.807, 2.05) is 6.07 Å². The lowest BCUT2D eigenvalue weighted by atomic mass is 10.2. The summed E-state index contributed by atoms with van der Waals surface area (Å²) < 4.78 is 0. The summed E-state index contributed by atoms with van der Waals surface area (Å²) in [6.45, 7) is 13.9. The number of nitrogens with one attached hydrogen (secondary N) is 2. The summed E-state index contributed by atoms with van der Waals surface area (Å²) in [6, 6.07) is 3.08. The van der Waals surface area contributed by atoms with Crippen LogP contribution in [0.25, 0.3) is 0 Å². The van der Waals surface area contributed by atoms with Gasteiger partial charge in [0, 0.05) is 37.8 Å². The minimum atomic E-state index is 0.559. The maximum atomic E-state index is 4.25. The van der Waals surface area contributed by atoms with Crippen LogP contribution in [0.4, 0.5) is 11.6 Å². The predicted octanol–water partition coefficient (Wildman–Crippen LogP) is 2.83. The zero-order chi connectivity index (χ0) is 15.0. The molecule has 0 aliphatic heterocycles. The highest BCUT2D eigenvalue weighted by atomic mass is 15.2. The summed E-state index contributed by atoms with van der Waals surface area (Å²) in [5, 5.41) is 6.64. The number of anilines is 2. The molecule has 1 heterocycles. The Balaban J connectivity index is 2.45. The molecule has 0 aromatic carbocycles. The molecule has 0 spiro atoms. The summed E-state index contributed by atoms with van der Waals surface area (Å²) in [7, 11) is 0. The molecular weight excluding hydrogens is 250 g/mol. The van der Waals surface area contributed by atoms with Gasteiger partial charge in [0.1, 0.15) is 18.0 Å². The molecule has 1 aromatic rings. The molecule has 0 fully saturated rings. The summed E-state index contributed by atoms with van der Waals surface area (Å²) in [4.78, 5) is 10.9. The zero-order valence-electron chi connectivity index (χ0n) is 13.5. The standard InChI is InChI=1S/C15H29N5/c1-6-7-16-14-10-15(19-11-18-14)17-8-9-20(12(2)3)13(4)5/h10-13H,6-9H2,1-5H3,(H2,16,17,18,19). The molecule has 5 nitrogen and oxygen atoms in total. The smallest absolute Gasteiger partial charge is 0.131 e. The normalized spacial score (nSPS) is 11.4. The average molecular weight is 279 g/mol. The lowest BCUT2D eigenvalue weighted by molar-refractivity contribution is 0.182. The van der Waals surface area contributed by atoms with Gasteiger partial charge in [-0.1, -0.05) is 6.92 Å². The van der Waals surface area contributed by atoms with Crippen molar-refractivity contribution in [2.24, 2.45) is 0 Å². The first-order chi connectivity index (χ1) is 9.54. The van der Waals surface area contributed by atoms with Gasteiger partial charge in [-0.3, -0.25) is 4.90 Å². The number of aromatic nitrogens is 2. The fraction of sp³-hybridized carbons (Fsp3) is 0.733. The summed E-state index contributed by atoms with van der Waals surface area (Å²) in [5.74, 6) is 1.76. The number of hydrogen-bond acceptors (Lipinski definition) is 5. The molecule has 0 aliphatic carbocycles. The van der Waals surface area contributed by atoms with E-state index in [2.05, 4.69) is 60.1 Å². The monoisotopic (exact) mass is 279 g/mol. The first-order valence-electron chi connectivity index (χ1n) is 7.60. The highest BCUT2D eigenvalue weighted by Gasteiger charge is 2.12. The molecular formula is C15H29N5. The molecule has 1 aromatic heterocycles. The van der Waals surface area contributed by atoms with E-state index in [0.717, 1.165) is 37.7 Å². The zero-order valence-corrected chi connectivity index (χ0v) is 13.5. The average Bonchev–Trinajstić information content (AvgIpc) is 2.41. The fourth-order valence-electron chi connectivity index (χ4n) is 2.23. The van der Waals surface area contributed by atoms with Crippen molar-refractivity contribution in [3.05, 3.63) is 12.4 Å². The second-order valence-corrected chi connectivity index (χ2v) is 5.57. The van der Waals surface area contributed by atoms with Crippen molar-refractivity contribution in [3.8, 4) is 0 Å². The van der Waals surface area contributed by atoms with Crippen LogP contribution in [0.1, 0.15) is 41.0 Å². The Bertz CT molecular complexity index is 370. The second kappa shape index (κ2) is 8.74. The molecule has 0 bridgehead atoms. The molecule has 0 atom stereocenters. The van der Waals surface area contributed by atoms with E-state index in [1.165, 1.54) is 0 Å². The first kappa shape index (κ1) is 16.7. The lowest BCUT2D eigenvalue weighted by Gasteiger charge is -2.30. The van der Waals surface area contributed by atoms with E-state index in [-0.39, 0.29) is 0 Å². The largest absolute Gasteiger partial charge is 0.370 e. The van der Waals surface area contributed by atoms with E-state index >= 15 is 0 Å². The summed E-state index contributed by atoms with van der Waals surface area (Å²) >= 11 is 0. The van der Waals surface area contributed by atoms with Crippen molar-refractivity contribution in [1.29, 1.82) is 0 Å².